The van der Waals surface area contributed by atoms with Crippen LogP contribution >= 0.6 is 12.2 Å². The van der Waals surface area contributed by atoms with E-state index in [2.05, 4.69) is 66.8 Å². The summed E-state index contributed by atoms with van der Waals surface area (Å²) in [6, 6.07) is 18.8. The van der Waals surface area contributed by atoms with Gasteiger partial charge in [-0.2, -0.15) is 5.10 Å². The average molecular weight is 353 g/mol. The Morgan fingerprint density at radius 3 is 2.40 bits per heavy atom. The van der Waals surface area contributed by atoms with Gasteiger partial charge in [0.1, 0.15) is 0 Å². The van der Waals surface area contributed by atoms with Gasteiger partial charge < -0.3 is 4.57 Å². The third-order valence-electron chi connectivity index (χ3n) is 4.30. The molecule has 4 nitrogen and oxygen atoms in total. The van der Waals surface area contributed by atoms with Crippen molar-refractivity contribution < 1.29 is 0 Å². The zero-order valence-corrected chi connectivity index (χ0v) is 15.8. The van der Waals surface area contributed by atoms with Crippen molar-refractivity contribution in [1.82, 2.24) is 19.2 Å². The summed E-state index contributed by atoms with van der Waals surface area (Å²) in [5.74, 6) is 0.943. The largest absolute Gasteiger partial charge is 0.300 e. The van der Waals surface area contributed by atoms with E-state index < -0.39 is 0 Å². The van der Waals surface area contributed by atoms with Gasteiger partial charge in [0.05, 0.1) is 6.67 Å². The first kappa shape index (κ1) is 17.6. The Labute approximate surface area is 154 Å². The molecular weight excluding hydrogens is 328 g/mol. The highest BCUT2D eigenvalue weighted by Crippen LogP contribution is 2.22. The van der Waals surface area contributed by atoms with Gasteiger partial charge in [-0.1, -0.05) is 54.6 Å². The molecule has 1 aromatic heterocycles. The summed E-state index contributed by atoms with van der Waals surface area (Å²) in [4.78, 5) is 2.22. The Kier molecular flexibility index (Phi) is 5.46. The molecule has 0 aliphatic carbocycles. The minimum Gasteiger partial charge on any atom is -0.300 e. The summed E-state index contributed by atoms with van der Waals surface area (Å²) in [6.45, 7) is 6.56. The first-order valence-electron chi connectivity index (χ1n) is 8.56. The van der Waals surface area contributed by atoms with Gasteiger partial charge in [-0.15, -0.1) is 0 Å². The van der Waals surface area contributed by atoms with Crippen LogP contribution in [-0.2, 0) is 19.8 Å². The number of rotatable bonds is 6. The predicted octanol–water partition coefficient (Wildman–Crippen LogP) is 4.50. The predicted molar refractivity (Wildman–Crippen MR) is 105 cm³/mol. The van der Waals surface area contributed by atoms with Gasteiger partial charge in [0.15, 0.2) is 10.6 Å². The average Bonchev–Trinajstić information content (AvgIpc) is 2.91. The quantitative estimate of drug-likeness (QED) is 0.611. The van der Waals surface area contributed by atoms with Crippen LogP contribution in [-0.4, -0.2) is 26.3 Å². The van der Waals surface area contributed by atoms with Gasteiger partial charge in [0.2, 0.25) is 0 Å². The number of hydrogen-bond acceptors (Lipinski definition) is 3. The molecular formula is C20H24N4S. The van der Waals surface area contributed by atoms with E-state index in [0.717, 1.165) is 29.2 Å². The van der Waals surface area contributed by atoms with Crippen molar-refractivity contribution in [3.8, 4) is 11.4 Å². The van der Waals surface area contributed by atoms with Crippen molar-refractivity contribution in [2.45, 2.75) is 33.6 Å². The number of aromatic nitrogens is 3. The lowest BCUT2D eigenvalue weighted by Gasteiger charge is -2.16. The van der Waals surface area contributed by atoms with Crippen molar-refractivity contribution in [2.24, 2.45) is 0 Å². The molecule has 25 heavy (non-hydrogen) atoms. The van der Waals surface area contributed by atoms with Crippen molar-refractivity contribution in [2.75, 3.05) is 7.05 Å². The minimum atomic E-state index is 0.666. The van der Waals surface area contributed by atoms with Crippen LogP contribution in [0.2, 0.25) is 0 Å². The van der Waals surface area contributed by atoms with Crippen LogP contribution in [0.4, 0.5) is 0 Å². The van der Waals surface area contributed by atoms with Gasteiger partial charge in [0.25, 0.3) is 0 Å². The third kappa shape index (κ3) is 3.89. The maximum atomic E-state index is 5.68. The molecule has 0 N–H and O–H groups in total. The third-order valence-corrected chi connectivity index (χ3v) is 4.73. The lowest BCUT2D eigenvalue weighted by Crippen LogP contribution is -2.22. The molecule has 0 saturated carbocycles. The highest BCUT2D eigenvalue weighted by molar-refractivity contribution is 7.71. The van der Waals surface area contributed by atoms with E-state index in [0.29, 0.717) is 6.67 Å². The standard InChI is InChI=1S/C20H24N4S/c1-4-23-19(18-13-9-8-10-16(18)2)21-24(20(23)25)15-22(3)14-17-11-6-5-7-12-17/h5-13H,4,14-15H2,1-3H3. The molecule has 3 rings (SSSR count). The first-order valence-corrected chi connectivity index (χ1v) is 8.97. The Balaban J connectivity index is 1.88. The molecule has 0 unspecified atom stereocenters. The second-order valence-electron chi connectivity index (χ2n) is 6.31. The Morgan fingerprint density at radius 1 is 1.04 bits per heavy atom. The second kappa shape index (κ2) is 7.76. The van der Waals surface area contributed by atoms with E-state index in [1.165, 1.54) is 11.1 Å². The van der Waals surface area contributed by atoms with E-state index in [-0.39, 0.29) is 0 Å². The number of aryl methyl sites for hydroxylation is 1. The lowest BCUT2D eigenvalue weighted by molar-refractivity contribution is 0.244. The molecule has 2 aromatic carbocycles. The summed E-state index contributed by atoms with van der Waals surface area (Å²) in [5.41, 5.74) is 3.63. The molecule has 0 aliphatic heterocycles. The molecule has 0 fully saturated rings. The van der Waals surface area contributed by atoms with E-state index in [1.807, 2.05) is 22.9 Å². The van der Waals surface area contributed by atoms with E-state index >= 15 is 0 Å². The molecule has 0 spiro atoms. The van der Waals surface area contributed by atoms with Gasteiger partial charge >= 0.3 is 0 Å². The molecule has 1 heterocycles. The van der Waals surface area contributed by atoms with Gasteiger partial charge in [-0.05, 0) is 44.2 Å². The highest BCUT2D eigenvalue weighted by Gasteiger charge is 2.14. The molecule has 0 amide bonds. The zero-order valence-electron chi connectivity index (χ0n) is 15.0. The van der Waals surface area contributed by atoms with Crippen LogP contribution in [0, 0.1) is 11.7 Å². The van der Waals surface area contributed by atoms with Crippen LogP contribution in [0.25, 0.3) is 11.4 Å². The van der Waals surface area contributed by atoms with Gasteiger partial charge in [-0.3, -0.25) is 4.90 Å². The summed E-state index contributed by atoms with van der Waals surface area (Å²) >= 11 is 5.68. The van der Waals surface area contributed by atoms with Crippen LogP contribution < -0.4 is 0 Å². The summed E-state index contributed by atoms with van der Waals surface area (Å²) in [6.07, 6.45) is 0. The highest BCUT2D eigenvalue weighted by atomic mass is 32.1. The molecule has 130 valence electrons. The summed E-state index contributed by atoms with van der Waals surface area (Å²) < 4.78 is 4.79. The van der Waals surface area contributed by atoms with E-state index in [4.69, 9.17) is 17.3 Å². The zero-order chi connectivity index (χ0) is 17.8. The van der Waals surface area contributed by atoms with E-state index in [1.54, 1.807) is 0 Å². The van der Waals surface area contributed by atoms with Crippen molar-refractivity contribution in [1.29, 1.82) is 0 Å². The molecule has 5 heteroatoms. The maximum absolute atomic E-state index is 5.68. The molecule has 0 radical (unpaired) electrons. The van der Waals surface area contributed by atoms with Crippen LogP contribution in [0.5, 0.6) is 0 Å². The van der Waals surface area contributed by atoms with Crippen LogP contribution in [0.1, 0.15) is 18.1 Å². The molecule has 0 atom stereocenters. The van der Waals surface area contributed by atoms with Crippen molar-refractivity contribution in [3.63, 3.8) is 0 Å². The summed E-state index contributed by atoms with van der Waals surface area (Å²) in [5, 5.41) is 4.83. The Morgan fingerprint density at radius 2 is 1.72 bits per heavy atom. The van der Waals surface area contributed by atoms with Gasteiger partial charge in [0, 0.05) is 18.7 Å². The lowest BCUT2D eigenvalue weighted by atomic mass is 10.1. The number of hydrogen-bond donors (Lipinski definition) is 0. The maximum Gasteiger partial charge on any atom is 0.199 e. The normalized spacial score (nSPS) is 11.2. The van der Waals surface area contributed by atoms with E-state index in [9.17, 15) is 0 Å². The first-order chi connectivity index (χ1) is 12.1. The molecule has 0 saturated heterocycles. The smallest absolute Gasteiger partial charge is 0.199 e. The Hall–Kier alpha value is -2.24. The van der Waals surface area contributed by atoms with Gasteiger partial charge in [-0.25, -0.2) is 4.68 Å². The Bertz CT molecular complexity index is 896. The fourth-order valence-electron chi connectivity index (χ4n) is 3.01. The second-order valence-corrected chi connectivity index (χ2v) is 6.67. The fourth-order valence-corrected chi connectivity index (χ4v) is 3.33. The summed E-state index contributed by atoms with van der Waals surface area (Å²) in [7, 11) is 2.09. The van der Waals surface area contributed by atoms with Crippen molar-refractivity contribution in [3.05, 3.63) is 70.5 Å². The topological polar surface area (TPSA) is 26.0 Å². The minimum absolute atomic E-state index is 0.666. The van der Waals surface area contributed by atoms with Crippen LogP contribution in [0.15, 0.2) is 54.6 Å². The molecule has 3 aromatic rings. The van der Waals surface area contributed by atoms with Crippen molar-refractivity contribution >= 4 is 12.2 Å². The number of benzene rings is 2. The monoisotopic (exact) mass is 352 g/mol. The molecule has 0 aliphatic rings. The SMILES string of the molecule is CCn1c(-c2ccccc2C)nn(CN(C)Cc2ccccc2)c1=S. The fraction of sp³-hybridized carbons (Fsp3) is 0.300. The number of nitrogens with zero attached hydrogens (tertiary/aromatic N) is 4. The van der Waals surface area contributed by atoms with Crippen LogP contribution in [0.3, 0.4) is 0 Å². The molecule has 0 bridgehead atoms.